The molecule has 0 spiro atoms. The van der Waals surface area contributed by atoms with Gasteiger partial charge in [0.1, 0.15) is 23.8 Å². The molecule has 1 aromatic carbocycles. The maximum Gasteiger partial charge on any atom is 0.244 e. The molecule has 1 aliphatic heterocycles. The molecule has 0 saturated carbocycles. The molecule has 0 radical (unpaired) electrons. The summed E-state index contributed by atoms with van der Waals surface area (Å²) in [5.41, 5.74) is 1.12. The summed E-state index contributed by atoms with van der Waals surface area (Å²) in [5.74, 6) is 1.36. The van der Waals surface area contributed by atoms with Crippen LogP contribution < -0.4 is 10.1 Å². The summed E-state index contributed by atoms with van der Waals surface area (Å²) in [4.78, 5) is 32.2. The van der Waals surface area contributed by atoms with Crippen molar-refractivity contribution in [3.05, 3.63) is 47.8 Å². The minimum atomic E-state index is -0.724. The van der Waals surface area contributed by atoms with E-state index in [9.17, 15) is 14.7 Å². The van der Waals surface area contributed by atoms with Gasteiger partial charge in [-0.15, -0.1) is 0 Å². The highest BCUT2D eigenvalue weighted by Crippen LogP contribution is 2.29. The van der Waals surface area contributed by atoms with E-state index in [0.717, 1.165) is 36.8 Å². The molecule has 3 aromatic rings. The number of hydrogen-bond acceptors (Lipinski definition) is 7. The number of ketones is 1. The molecule has 1 aliphatic rings. The van der Waals surface area contributed by atoms with E-state index in [1.54, 1.807) is 23.9 Å². The van der Waals surface area contributed by atoms with E-state index < -0.39 is 5.60 Å². The fraction of sp³-hybridized carbons (Fsp3) is 0.500. The quantitative estimate of drug-likeness (QED) is 0.403. The number of carbonyl (C=O) groups is 2. The zero-order valence-corrected chi connectivity index (χ0v) is 22.2. The molecule has 3 heterocycles. The molecule has 1 saturated heterocycles. The molecule has 2 N–H and O–H groups in total. The monoisotopic (exact) mass is 507 g/mol. The van der Waals surface area contributed by atoms with Crippen LogP contribution in [0.1, 0.15) is 56.1 Å². The minimum Gasteiger partial charge on any atom is -0.496 e. The van der Waals surface area contributed by atoms with E-state index in [1.165, 1.54) is 0 Å². The summed E-state index contributed by atoms with van der Waals surface area (Å²) in [5, 5.41) is 18.9. The number of Topliss-reactive ketones (excluding diaryl/α,β-unsaturated/α-hetero) is 1. The van der Waals surface area contributed by atoms with Gasteiger partial charge < -0.3 is 20.1 Å². The Balaban J connectivity index is 1.45. The lowest BCUT2D eigenvalue weighted by atomic mass is 9.83. The average Bonchev–Trinajstić information content (AvgIpc) is 3.27. The van der Waals surface area contributed by atoms with Crippen LogP contribution in [0.25, 0.3) is 10.9 Å². The van der Waals surface area contributed by atoms with Crippen LogP contribution in [0.2, 0.25) is 0 Å². The van der Waals surface area contributed by atoms with Crippen LogP contribution in [0.4, 0.5) is 5.82 Å². The first-order valence-corrected chi connectivity index (χ1v) is 13.0. The molecular formula is C28H37N5O4. The highest BCUT2D eigenvalue weighted by Gasteiger charge is 2.32. The van der Waals surface area contributed by atoms with Crippen molar-refractivity contribution in [2.45, 2.75) is 58.6 Å². The number of anilines is 1. The normalized spacial score (nSPS) is 14.7. The van der Waals surface area contributed by atoms with Crippen molar-refractivity contribution < 1.29 is 19.4 Å². The Morgan fingerprint density at radius 3 is 2.65 bits per heavy atom. The van der Waals surface area contributed by atoms with Gasteiger partial charge in [0, 0.05) is 49.3 Å². The molecule has 198 valence electrons. The fourth-order valence-electron chi connectivity index (χ4n) is 4.84. The molecule has 0 atom stereocenters. The van der Waals surface area contributed by atoms with E-state index in [0.29, 0.717) is 35.9 Å². The second-order valence-corrected chi connectivity index (χ2v) is 10.3. The van der Waals surface area contributed by atoms with Crippen LogP contribution in [0.3, 0.4) is 0 Å². The number of methoxy groups -OCH3 is 1. The van der Waals surface area contributed by atoms with Gasteiger partial charge in [-0.05, 0) is 57.2 Å². The van der Waals surface area contributed by atoms with Gasteiger partial charge in [-0.2, -0.15) is 5.10 Å². The topological polar surface area (TPSA) is 110 Å². The van der Waals surface area contributed by atoms with Gasteiger partial charge in [0.2, 0.25) is 5.91 Å². The SMILES string of the molecule is CCCNc1cccc(C(=O)Cc2cc3cn(CC(=O)N4CCC(C(C)(C)O)CC4)nc3cc2OC)n1. The number of piperidine rings is 1. The largest absolute Gasteiger partial charge is 0.496 e. The van der Waals surface area contributed by atoms with Crippen molar-refractivity contribution in [2.24, 2.45) is 5.92 Å². The molecule has 37 heavy (non-hydrogen) atoms. The fourth-order valence-corrected chi connectivity index (χ4v) is 4.84. The van der Waals surface area contributed by atoms with E-state index in [1.807, 2.05) is 43.1 Å². The molecule has 9 heteroatoms. The number of rotatable bonds is 10. The van der Waals surface area contributed by atoms with Gasteiger partial charge >= 0.3 is 0 Å². The van der Waals surface area contributed by atoms with Gasteiger partial charge in [-0.3, -0.25) is 14.3 Å². The number of amides is 1. The number of aromatic nitrogens is 3. The Morgan fingerprint density at radius 1 is 1.22 bits per heavy atom. The molecule has 0 unspecified atom stereocenters. The van der Waals surface area contributed by atoms with Crippen molar-refractivity contribution >= 4 is 28.4 Å². The van der Waals surface area contributed by atoms with Gasteiger partial charge in [0.25, 0.3) is 0 Å². The van der Waals surface area contributed by atoms with Gasteiger partial charge in [-0.25, -0.2) is 4.98 Å². The van der Waals surface area contributed by atoms with Crippen LogP contribution in [0.5, 0.6) is 5.75 Å². The van der Waals surface area contributed by atoms with Crippen molar-refractivity contribution in [3.63, 3.8) is 0 Å². The summed E-state index contributed by atoms with van der Waals surface area (Å²) in [6, 6.07) is 9.10. The van der Waals surface area contributed by atoms with Crippen LogP contribution >= 0.6 is 0 Å². The standard InChI is InChI=1S/C28H37N5O4/c1-5-11-29-26-8-6-7-22(30-26)24(34)15-19-14-20-17-33(31-23(20)16-25(19)37-4)18-27(35)32-12-9-21(10-13-32)28(2,3)36/h6-8,14,16-17,21,36H,5,9-13,15,18H2,1-4H3,(H,29,30). The number of nitrogens with one attached hydrogen (secondary N) is 1. The van der Waals surface area contributed by atoms with Gasteiger partial charge in [0.15, 0.2) is 5.78 Å². The number of aliphatic hydroxyl groups is 1. The first-order chi connectivity index (χ1) is 17.7. The highest BCUT2D eigenvalue weighted by atomic mass is 16.5. The molecule has 4 rings (SSSR count). The number of ether oxygens (including phenoxy) is 1. The zero-order valence-electron chi connectivity index (χ0n) is 22.2. The predicted octanol–water partition coefficient (Wildman–Crippen LogP) is 3.70. The van der Waals surface area contributed by atoms with Gasteiger partial charge in [-0.1, -0.05) is 13.0 Å². The lowest BCUT2D eigenvalue weighted by Gasteiger charge is -2.37. The number of carbonyl (C=O) groups excluding carboxylic acids is 2. The van der Waals surface area contributed by atoms with Crippen molar-refractivity contribution in [1.82, 2.24) is 19.7 Å². The predicted molar refractivity (Wildman–Crippen MR) is 143 cm³/mol. The van der Waals surface area contributed by atoms with Crippen LogP contribution in [-0.2, 0) is 17.8 Å². The lowest BCUT2D eigenvalue weighted by Crippen LogP contribution is -2.45. The third-order valence-electron chi connectivity index (χ3n) is 7.04. The molecule has 1 amide bonds. The van der Waals surface area contributed by atoms with Crippen molar-refractivity contribution in [1.29, 1.82) is 0 Å². The molecule has 0 bridgehead atoms. The second kappa shape index (κ2) is 11.3. The number of fused-ring (bicyclic) bond motifs is 1. The highest BCUT2D eigenvalue weighted by molar-refractivity contribution is 5.97. The third-order valence-corrected chi connectivity index (χ3v) is 7.04. The first-order valence-electron chi connectivity index (χ1n) is 13.0. The molecular weight excluding hydrogens is 470 g/mol. The summed E-state index contributed by atoms with van der Waals surface area (Å²) in [7, 11) is 1.57. The van der Waals surface area contributed by atoms with Gasteiger partial charge in [0.05, 0.1) is 18.2 Å². The maximum absolute atomic E-state index is 13.0. The number of benzene rings is 1. The van der Waals surface area contributed by atoms with Crippen LogP contribution in [-0.4, -0.2) is 68.8 Å². The molecule has 2 aromatic heterocycles. The van der Waals surface area contributed by atoms with Crippen molar-refractivity contribution in [3.8, 4) is 5.75 Å². The lowest BCUT2D eigenvalue weighted by molar-refractivity contribution is -0.134. The average molecular weight is 508 g/mol. The molecule has 9 nitrogen and oxygen atoms in total. The molecule has 1 fully saturated rings. The second-order valence-electron chi connectivity index (χ2n) is 10.3. The summed E-state index contributed by atoms with van der Waals surface area (Å²) < 4.78 is 7.20. The van der Waals surface area contributed by atoms with E-state index >= 15 is 0 Å². The van der Waals surface area contributed by atoms with E-state index in [4.69, 9.17) is 4.74 Å². The maximum atomic E-state index is 13.0. The first kappa shape index (κ1) is 26.6. The zero-order chi connectivity index (χ0) is 26.6. The Morgan fingerprint density at radius 2 is 1.97 bits per heavy atom. The van der Waals surface area contributed by atoms with Crippen molar-refractivity contribution in [2.75, 3.05) is 32.1 Å². The Kier molecular flexibility index (Phi) is 8.12. The van der Waals surface area contributed by atoms with E-state index in [-0.39, 0.29) is 30.6 Å². The Labute approximate surface area is 217 Å². The summed E-state index contributed by atoms with van der Waals surface area (Å²) in [6.45, 7) is 7.94. The third kappa shape index (κ3) is 6.46. The Bertz CT molecular complexity index is 1260. The number of likely N-dealkylation sites (tertiary alicyclic amines) is 1. The smallest absolute Gasteiger partial charge is 0.244 e. The van der Waals surface area contributed by atoms with Crippen LogP contribution in [0.15, 0.2) is 36.5 Å². The Hall–Kier alpha value is -3.46. The number of nitrogens with zero attached hydrogens (tertiary/aromatic N) is 4. The summed E-state index contributed by atoms with van der Waals surface area (Å²) in [6.07, 6.45) is 4.52. The molecule has 0 aliphatic carbocycles. The number of pyridine rings is 1. The van der Waals surface area contributed by atoms with E-state index in [2.05, 4.69) is 22.3 Å². The summed E-state index contributed by atoms with van der Waals surface area (Å²) >= 11 is 0. The minimum absolute atomic E-state index is 0.00649. The van der Waals surface area contributed by atoms with Crippen LogP contribution in [0, 0.1) is 5.92 Å². The number of hydrogen-bond donors (Lipinski definition) is 2.